The Morgan fingerprint density at radius 2 is 1.25 bits per heavy atom. The molecule has 16 heavy (non-hydrogen) atoms. The minimum absolute atomic E-state index is 0.468. The van der Waals surface area contributed by atoms with Crippen molar-refractivity contribution in [3.05, 3.63) is 0 Å². The van der Waals surface area contributed by atoms with Crippen LogP contribution in [0.15, 0.2) is 0 Å². The van der Waals surface area contributed by atoms with Crippen molar-refractivity contribution in [3.8, 4) is 0 Å². The van der Waals surface area contributed by atoms with Gasteiger partial charge in [0, 0.05) is 24.9 Å². The third-order valence-corrected chi connectivity index (χ3v) is 4.12. The van der Waals surface area contributed by atoms with Crippen molar-refractivity contribution in [2.24, 2.45) is 0 Å². The van der Waals surface area contributed by atoms with Gasteiger partial charge in [0.05, 0.1) is 0 Å². The van der Waals surface area contributed by atoms with Crippen LogP contribution in [0.3, 0.4) is 0 Å². The van der Waals surface area contributed by atoms with Gasteiger partial charge in [-0.25, -0.2) is 0 Å². The van der Waals surface area contributed by atoms with Crippen molar-refractivity contribution in [2.45, 2.75) is 82.7 Å². The predicted octanol–water partition coefficient (Wildman–Crippen LogP) is 3.20. The molecule has 2 saturated carbocycles. The van der Waals surface area contributed by atoms with Crippen LogP contribution in [-0.2, 0) is 4.79 Å². The molecule has 0 aromatic carbocycles. The van der Waals surface area contributed by atoms with Gasteiger partial charge in [-0.15, -0.1) is 0 Å². The van der Waals surface area contributed by atoms with E-state index in [1.807, 2.05) is 0 Å². The summed E-state index contributed by atoms with van der Waals surface area (Å²) >= 11 is 0. The van der Waals surface area contributed by atoms with Crippen LogP contribution in [0.25, 0.3) is 0 Å². The van der Waals surface area contributed by atoms with Crippen molar-refractivity contribution in [3.63, 3.8) is 0 Å². The van der Waals surface area contributed by atoms with Crippen molar-refractivity contribution in [2.75, 3.05) is 0 Å². The molecular weight excluding hydrogens is 198 g/mol. The van der Waals surface area contributed by atoms with E-state index in [1.54, 1.807) is 0 Å². The molecule has 0 heterocycles. The molecule has 0 bridgehead atoms. The monoisotopic (exact) mass is 223 g/mol. The molecule has 1 N–H and O–H groups in total. The van der Waals surface area contributed by atoms with E-state index in [4.69, 9.17) is 0 Å². The van der Waals surface area contributed by atoms with E-state index in [9.17, 15) is 4.79 Å². The highest BCUT2D eigenvalue weighted by Gasteiger charge is 2.21. The molecule has 0 unspecified atom stereocenters. The standard InChI is InChI=1S/C14H25NO/c16-14-10-8-13(9-11-14)15-12-6-4-2-1-3-5-7-12/h12-13,15H,1-11H2. The molecule has 2 aliphatic carbocycles. The highest BCUT2D eigenvalue weighted by atomic mass is 16.1. The lowest BCUT2D eigenvalue weighted by atomic mass is 9.91. The SMILES string of the molecule is O=C1CCC(NC2CCCCCCC2)CC1. The molecule has 2 aliphatic rings. The Labute approximate surface area is 99.2 Å². The fourth-order valence-electron chi connectivity index (χ4n) is 3.06. The molecule has 0 saturated heterocycles. The molecule has 0 aromatic rings. The second kappa shape index (κ2) is 6.39. The molecule has 0 aliphatic heterocycles. The number of rotatable bonds is 2. The molecule has 92 valence electrons. The zero-order valence-electron chi connectivity index (χ0n) is 10.3. The Morgan fingerprint density at radius 3 is 1.88 bits per heavy atom. The summed E-state index contributed by atoms with van der Waals surface area (Å²) in [5, 5.41) is 3.79. The normalized spacial score (nSPS) is 26.4. The van der Waals surface area contributed by atoms with E-state index in [-0.39, 0.29) is 0 Å². The summed E-state index contributed by atoms with van der Waals surface area (Å²) in [6, 6.07) is 1.36. The predicted molar refractivity (Wildman–Crippen MR) is 66.5 cm³/mol. The first-order chi connectivity index (χ1) is 7.84. The van der Waals surface area contributed by atoms with Crippen LogP contribution >= 0.6 is 0 Å². The van der Waals surface area contributed by atoms with Gasteiger partial charge in [-0.05, 0) is 25.7 Å². The van der Waals surface area contributed by atoms with Crippen LogP contribution < -0.4 is 5.32 Å². The minimum atomic E-state index is 0.468. The van der Waals surface area contributed by atoms with Crippen LogP contribution in [0.1, 0.15) is 70.6 Å². The Kier molecular flexibility index (Phi) is 4.83. The molecule has 2 heteroatoms. The van der Waals surface area contributed by atoms with Gasteiger partial charge in [0.15, 0.2) is 0 Å². The van der Waals surface area contributed by atoms with E-state index < -0.39 is 0 Å². The van der Waals surface area contributed by atoms with E-state index in [2.05, 4.69) is 5.32 Å². The molecule has 0 amide bonds. The first kappa shape index (κ1) is 12.1. The zero-order chi connectivity index (χ0) is 11.2. The second-order valence-electron chi connectivity index (χ2n) is 5.52. The van der Waals surface area contributed by atoms with Gasteiger partial charge < -0.3 is 5.32 Å². The number of carbonyl (C=O) groups excluding carboxylic acids is 1. The molecular formula is C14H25NO. The molecule has 0 radical (unpaired) electrons. The molecule has 2 fully saturated rings. The Morgan fingerprint density at radius 1 is 0.750 bits per heavy atom. The smallest absolute Gasteiger partial charge is 0.133 e. The third kappa shape index (κ3) is 3.89. The highest BCUT2D eigenvalue weighted by Crippen LogP contribution is 2.20. The summed E-state index contributed by atoms with van der Waals surface area (Å²) in [6.45, 7) is 0. The summed E-state index contributed by atoms with van der Waals surface area (Å²) in [7, 11) is 0. The van der Waals surface area contributed by atoms with Gasteiger partial charge in [-0.1, -0.05) is 32.1 Å². The Bertz CT molecular complexity index is 209. The van der Waals surface area contributed by atoms with Crippen molar-refractivity contribution in [1.82, 2.24) is 5.32 Å². The fourth-order valence-corrected chi connectivity index (χ4v) is 3.06. The average molecular weight is 223 g/mol. The van der Waals surface area contributed by atoms with E-state index in [0.29, 0.717) is 11.8 Å². The van der Waals surface area contributed by atoms with Crippen molar-refractivity contribution in [1.29, 1.82) is 0 Å². The molecule has 0 aromatic heterocycles. The lowest BCUT2D eigenvalue weighted by Crippen LogP contribution is -2.40. The first-order valence-electron chi connectivity index (χ1n) is 7.12. The number of Topliss-reactive ketones (excluding diaryl/α,β-unsaturated/α-hetero) is 1. The number of carbonyl (C=O) groups is 1. The van der Waals surface area contributed by atoms with Crippen molar-refractivity contribution < 1.29 is 4.79 Å². The third-order valence-electron chi connectivity index (χ3n) is 4.12. The quantitative estimate of drug-likeness (QED) is 0.779. The molecule has 0 spiro atoms. The maximum Gasteiger partial charge on any atom is 0.133 e. The number of ketones is 1. The highest BCUT2D eigenvalue weighted by molar-refractivity contribution is 5.79. The first-order valence-corrected chi connectivity index (χ1v) is 7.12. The number of hydrogen-bond donors (Lipinski definition) is 1. The van der Waals surface area contributed by atoms with Gasteiger partial charge >= 0.3 is 0 Å². The van der Waals surface area contributed by atoms with Gasteiger partial charge in [-0.2, -0.15) is 0 Å². The zero-order valence-corrected chi connectivity index (χ0v) is 10.3. The van der Waals surface area contributed by atoms with Gasteiger partial charge in [0.1, 0.15) is 5.78 Å². The lowest BCUT2D eigenvalue weighted by molar-refractivity contribution is -0.120. The summed E-state index contributed by atoms with van der Waals surface area (Å²) < 4.78 is 0. The fraction of sp³-hybridized carbons (Fsp3) is 0.929. The summed E-state index contributed by atoms with van der Waals surface area (Å²) in [5.41, 5.74) is 0. The van der Waals surface area contributed by atoms with Crippen LogP contribution in [0.5, 0.6) is 0 Å². The Balaban J connectivity index is 1.72. The molecule has 2 nitrogen and oxygen atoms in total. The maximum absolute atomic E-state index is 11.2. The number of hydrogen-bond acceptors (Lipinski definition) is 2. The average Bonchev–Trinajstić information content (AvgIpc) is 2.25. The summed E-state index contributed by atoms with van der Waals surface area (Å²) in [4.78, 5) is 11.2. The lowest BCUT2D eigenvalue weighted by Gasteiger charge is -2.29. The van der Waals surface area contributed by atoms with Gasteiger partial charge in [0.25, 0.3) is 0 Å². The second-order valence-corrected chi connectivity index (χ2v) is 5.52. The molecule has 2 rings (SSSR count). The Hall–Kier alpha value is -0.370. The van der Waals surface area contributed by atoms with Gasteiger partial charge in [-0.3, -0.25) is 4.79 Å². The van der Waals surface area contributed by atoms with Crippen LogP contribution in [0.2, 0.25) is 0 Å². The van der Waals surface area contributed by atoms with Gasteiger partial charge in [0.2, 0.25) is 0 Å². The van der Waals surface area contributed by atoms with Crippen LogP contribution in [0, 0.1) is 0 Å². The van der Waals surface area contributed by atoms with E-state index in [1.165, 1.54) is 44.9 Å². The maximum atomic E-state index is 11.2. The van der Waals surface area contributed by atoms with Crippen LogP contribution in [-0.4, -0.2) is 17.9 Å². The van der Waals surface area contributed by atoms with E-state index in [0.717, 1.165) is 31.7 Å². The summed E-state index contributed by atoms with van der Waals surface area (Å²) in [5.74, 6) is 0.468. The molecule has 0 atom stereocenters. The largest absolute Gasteiger partial charge is 0.311 e. The minimum Gasteiger partial charge on any atom is -0.311 e. The summed E-state index contributed by atoms with van der Waals surface area (Å²) in [6.07, 6.45) is 13.5. The topological polar surface area (TPSA) is 29.1 Å². The number of nitrogens with one attached hydrogen (secondary N) is 1. The van der Waals surface area contributed by atoms with E-state index >= 15 is 0 Å². The van der Waals surface area contributed by atoms with Crippen molar-refractivity contribution >= 4 is 5.78 Å². The van der Waals surface area contributed by atoms with Crippen LogP contribution in [0.4, 0.5) is 0 Å².